The lowest BCUT2D eigenvalue weighted by molar-refractivity contribution is -0.244. The van der Waals surface area contributed by atoms with Gasteiger partial charge in [0.1, 0.15) is 6.56 Å². The molecular formula is C23H34O5. The standard InChI is InChI=1S/C23H34O5/c1-21-7-5-15(24)10-14(21)3-4-17-18(21)11-19(25)22(2)16(6-8-23(17,22)27)13-9-20(26)28-12-13/h9,14-19,24-25,27H,3-8,10-12H2,1-2H3/t14-,15+,16-,17-,18+,19-,21+,22+,23+/m1/s1/i9D,12D2. The first-order valence-electron chi connectivity index (χ1n) is 12.4. The van der Waals surface area contributed by atoms with E-state index in [1.165, 1.54) is 0 Å². The van der Waals surface area contributed by atoms with Gasteiger partial charge < -0.3 is 20.1 Å². The molecule has 0 radical (unpaired) electrons. The molecule has 156 valence electrons. The molecule has 4 fully saturated rings. The molecule has 4 saturated carbocycles. The van der Waals surface area contributed by atoms with Gasteiger partial charge in [0.05, 0.1) is 21.9 Å². The number of carbonyl (C=O) groups excluding carboxylic acids is 1. The molecule has 0 spiro atoms. The van der Waals surface area contributed by atoms with E-state index in [4.69, 9.17) is 8.85 Å². The molecule has 5 nitrogen and oxygen atoms in total. The SMILES string of the molecule is [2H]C1=C([C@H]2CC[C@]3(O)[C@@H]4CC[C@@H]5C[C@@H](O)CC[C@]5(C)[C@H]4C[C@@H](O)[C@]23C)C([2H])([2H])OC1=O. The molecule has 4 aliphatic carbocycles. The highest BCUT2D eigenvalue weighted by atomic mass is 16.5. The van der Waals surface area contributed by atoms with Crippen molar-refractivity contribution in [2.45, 2.75) is 83.0 Å². The molecule has 3 N–H and O–H groups in total. The lowest BCUT2D eigenvalue weighted by Crippen LogP contribution is -2.67. The smallest absolute Gasteiger partial charge is 0.331 e. The van der Waals surface area contributed by atoms with Gasteiger partial charge in [0.15, 0.2) is 0 Å². The second-order valence-corrected chi connectivity index (χ2v) is 10.5. The van der Waals surface area contributed by atoms with E-state index >= 15 is 0 Å². The number of esters is 1. The van der Waals surface area contributed by atoms with Crippen LogP contribution in [0, 0.1) is 34.5 Å². The lowest BCUT2D eigenvalue weighted by atomic mass is 9.42. The summed E-state index contributed by atoms with van der Waals surface area (Å²) < 4.78 is 29.4. The Morgan fingerprint density at radius 2 is 1.93 bits per heavy atom. The summed E-state index contributed by atoms with van der Waals surface area (Å²) in [6.45, 7) is 1.70. The van der Waals surface area contributed by atoms with Crippen LogP contribution in [0.3, 0.4) is 0 Å². The molecule has 5 aliphatic rings. The van der Waals surface area contributed by atoms with Gasteiger partial charge in [-0.3, -0.25) is 0 Å². The zero-order chi connectivity index (χ0) is 22.6. The van der Waals surface area contributed by atoms with Crippen molar-refractivity contribution in [1.82, 2.24) is 0 Å². The van der Waals surface area contributed by atoms with Crippen molar-refractivity contribution in [2.24, 2.45) is 34.5 Å². The van der Waals surface area contributed by atoms with Crippen LogP contribution in [0.15, 0.2) is 11.6 Å². The molecule has 0 saturated heterocycles. The first-order chi connectivity index (χ1) is 14.4. The van der Waals surface area contributed by atoms with Crippen LogP contribution in [-0.2, 0) is 9.53 Å². The summed E-state index contributed by atoms with van der Waals surface area (Å²) in [6, 6.07) is -0.466. The molecule has 0 aromatic carbocycles. The van der Waals surface area contributed by atoms with Crippen molar-refractivity contribution < 1.29 is 29.0 Å². The maximum absolute atomic E-state index is 12.2. The number of hydrogen-bond donors (Lipinski definition) is 3. The van der Waals surface area contributed by atoms with Gasteiger partial charge in [-0.1, -0.05) is 13.8 Å². The zero-order valence-corrected chi connectivity index (χ0v) is 16.8. The molecule has 1 aliphatic heterocycles. The Labute approximate surface area is 171 Å². The number of aliphatic hydroxyl groups is 3. The normalized spacial score (nSPS) is 59.5. The van der Waals surface area contributed by atoms with E-state index in [1.54, 1.807) is 0 Å². The molecule has 0 aromatic heterocycles. The maximum Gasteiger partial charge on any atom is 0.331 e. The molecule has 0 unspecified atom stereocenters. The van der Waals surface area contributed by atoms with Crippen LogP contribution in [-0.4, -0.2) is 45.7 Å². The van der Waals surface area contributed by atoms with E-state index in [-0.39, 0.29) is 28.9 Å². The fourth-order valence-corrected chi connectivity index (χ4v) is 8.07. The van der Waals surface area contributed by atoms with Crippen LogP contribution < -0.4 is 0 Å². The third-order valence-electron chi connectivity index (χ3n) is 9.76. The molecule has 1 heterocycles. The molecule has 5 rings (SSSR count). The highest BCUT2D eigenvalue weighted by molar-refractivity contribution is 5.85. The Balaban J connectivity index is 1.55. The monoisotopic (exact) mass is 393 g/mol. The van der Waals surface area contributed by atoms with Gasteiger partial charge in [-0.2, -0.15) is 0 Å². The van der Waals surface area contributed by atoms with Gasteiger partial charge in [-0.25, -0.2) is 4.79 Å². The Morgan fingerprint density at radius 3 is 2.64 bits per heavy atom. The van der Waals surface area contributed by atoms with Crippen molar-refractivity contribution in [1.29, 1.82) is 0 Å². The van der Waals surface area contributed by atoms with E-state index in [9.17, 15) is 20.1 Å². The van der Waals surface area contributed by atoms with Gasteiger partial charge in [0.2, 0.25) is 0 Å². The third kappa shape index (κ3) is 2.27. The molecule has 0 aromatic rings. The van der Waals surface area contributed by atoms with Crippen molar-refractivity contribution >= 4 is 5.97 Å². The van der Waals surface area contributed by atoms with Gasteiger partial charge >= 0.3 is 5.97 Å². The predicted molar refractivity (Wildman–Crippen MR) is 103 cm³/mol. The average molecular weight is 394 g/mol. The minimum absolute atomic E-state index is 0.0193. The second kappa shape index (κ2) is 6.05. The Hall–Kier alpha value is -0.910. The first-order valence-corrected chi connectivity index (χ1v) is 10.9. The van der Waals surface area contributed by atoms with Crippen molar-refractivity contribution in [3.63, 3.8) is 0 Å². The summed E-state index contributed by atoms with van der Waals surface area (Å²) >= 11 is 0. The Bertz CT molecular complexity index is 845. The van der Waals surface area contributed by atoms with Crippen LogP contribution in [0.4, 0.5) is 0 Å². The first kappa shape index (κ1) is 15.9. The van der Waals surface area contributed by atoms with Gasteiger partial charge in [-0.15, -0.1) is 0 Å². The van der Waals surface area contributed by atoms with Crippen LogP contribution in [0.1, 0.15) is 69.3 Å². The summed E-state index contributed by atoms with van der Waals surface area (Å²) in [6.07, 6.45) is 4.37. The van der Waals surface area contributed by atoms with E-state index in [2.05, 4.69) is 6.92 Å². The fourth-order valence-electron chi connectivity index (χ4n) is 8.07. The van der Waals surface area contributed by atoms with Crippen molar-refractivity contribution in [2.75, 3.05) is 6.56 Å². The number of fused-ring (bicyclic) bond motifs is 5. The summed E-state index contributed by atoms with van der Waals surface area (Å²) in [4.78, 5) is 12.0. The van der Waals surface area contributed by atoms with Crippen LogP contribution in [0.25, 0.3) is 0 Å². The van der Waals surface area contributed by atoms with Gasteiger partial charge in [-0.05, 0) is 86.0 Å². The highest BCUT2D eigenvalue weighted by Crippen LogP contribution is 2.69. The number of cyclic esters (lactones) is 1. The zero-order valence-electron chi connectivity index (χ0n) is 19.8. The van der Waals surface area contributed by atoms with E-state index in [1.807, 2.05) is 6.92 Å². The maximum atomic E-state index is 12.2. The molecule has 0 bridgehead atoms. The van der Waals surface area contributed by atoms with Gasteiger partial charge in [0, 0.05) is 11.5 Å². The minimum atomic E-state index is -2.38. The largest absolute Gasteiger partial charge is 0.458 e. The lowest BCUT2D eigenvalue weighted by Gasteiger charge is -2.64. The van der Waals surface area contributed by atoms with E-state index in [0.29, 0.717) is 25.2 Å². The average Bonchev–Trinajstić information content (AvgIpc) is 3.07. The van der Waals surface area contributed by atoms with Gasteiger partial charge in [0.25, 0.3) is 0 Å². The van der Waals surface area contributed by atoms with Crippen LogP contribution in [0.5, 0.6) is 0 Å². The number of hydrogen-bond acceptors (Lipinski definition) is 5. The molecule has 9 atom stereocenters. The van der Waals surface area contributed by atoms with E-state index in [0.717, 1.165) is 32.1 Å². The second-order valence-electron chi connectivity index (χ2n) is 10.5. The predicted octanol–water partition coefficient (Wildman–Crippen LogP) is 2.58. The summed E-state index contributed by atoms with van der Waals surface area (Å²) in [5.41, 5.74) is -2.30. The number of ether oxygens (including phenoxy) is 1. The Morgan fingerprint density at radius 1 is 1.14 bits per heavy atom. The van der Waals surface area contributed by atoms with Crippen molar-refractivity contribution in [3.05, 3.63) is 11.6 Å². The number of aliphatic hydroxyl groups excluding tert-OH is 2. The fraction of sp³-hybridized carbons (Fsp3) is 0.870. The molecule has 5 heteroatoms. The summed E-state index contributed by atoms with van der Waals surface area (Å²) in [5, 5.41) is 33.9. The van der Waals surface area contributed by atoms with Crippen molar-refractivity contribution in [3.8, 4) is 0 Å². The molecule has 0 amide bonds. The van der Waals surface area contributed by atoms with Crippen LogP contribution in [0.2, 0.25) is 0 Å². The summed E-state index contributed by atoms with van der Waals surface area (Å²) in [7, 11) is 0. The molecular weight excluding hydrogens is 356 g/mol. The highest BCUT2D eigenvalue weighted by Gasteiger charge is 2.70. The summed E-state index contributed by atoms with van der Waals surface area (Å²) in [5.74, 6) is -1.11. The topological polar surface area (TPSA) is 87.0 Å². The third-order valence-corrected chi connectivity index (χ3v) is 9.76. The quantitative estimate of drug-likeness (QED) is 0.596. The van der Waals surface area contributed by atoms with E-state index < -0.39 is 41.6 Å². The van der Waals surface area contributed by atoms with Crippen LogP contribution >= 0.6 is 0 Å². The minimum Gasteiger partial charge on any atom is -0.458 e. The Kier molecular flexibility index (Phi) is 3.43. The number of carbonyl (C=O) groups is 1. The number of rotatable bonds is 1. The molecule has 28 heavy (non-hydrogen) atoms.